The van der Waals surface area contributed by atoms with Gasteiger partial charge < -0.3 is 0 Å². The van der Waals surface area contributed by atoms with Gasteiger partial charge in [0.05, 0.1) is 11.1 Å². The van der Waals surface area contributed by atoms with E-state index in [4.69, 9.17) is 5.53 Å². The number of nitrogens with zero attached hydrogens (tertiary/aromatic N) is 6. The monoisotopic (exact) mass is 216 g/mol. The Labute approximate surface area is 92.5 Å². The summed E-state index contributed by atoms with van der Waals surface area (Å²) in [6.45, 7) is 3.65. The first-order valence-corrected chi connectivity index (χ1v) is 4.91. The van der Waals surface area contributed by atoms with Crippen LogP contribution in [0.25, 0.3) is 21.5 Å². The van der Waals surface area contributed by atoms with Crippen molar-refractivity contribution in [2.75, 3.05) is 0 Å². The molecule has 0 saturated heterocycles. The molecule has 0 N–H and O–H groups in total. The fourth-order valence-electron chi connectivity index (χ4n) is 1.66. The largest absolute Gasteiger partial charge is 0.266 e. The molecule has 0 amide bonds. The topological polar surface area (TPSA) is 79.5 Å². The Morgan fingerprint density at radius 3 is 2.94 bits per heavy atom. The van der Waals surface area contributed by atoms with Crippen LogP contribution in [-0.4, -0.2) is 14.8 Å². The minimum absolute atomic E-state index is 0.692. The van der Waals surface area contributed by atoms with Crippen molar-refractivity contribution in [1.82, 2.24) is 14.8 Å². The van der Waals surface area contributed by atoms with Gasteiger partial charge in [-0.05, 0) is 31.5 Å². The normalized spacial score (nSPS) is 11.4. The maximum atomic E-state index is 8.55. The van der Waals surface area contributed by atoms with Gasteiger partial charge in [-0.3, -0.25) is 9.67 Å². The number of azide groups is 1. The molecule has 6 nitrogen and oxygen atoms in total. The Bertz CT molecular complexity index is 576. The number of rotatable bonds is 2. The van der Waals surface area contributed by atoms with Crippen LogP contribution >= 0.6 is 0 Å². The Balaban J connectivity index is 2.75. The van der Waals surface area contributed by atoms with Crippen LogP contribution in [-0.2, 0) is 12.6 Å². The molecule has 82 valence electrons. The summed E-state index contributed by atoms with van der Waals surface area (Å²) < 4.78 is 1.74. The summed E-state index contributed by atoms with van der Waals surface area (Å²) in [5.74, 6) is 0. The highest BCUT2D eigenvalue weighted by atomic mass is 15.3. The Hall–Kier alpha value is -2.07. The smallest absolute Gasteiger partial charge is 0.112 e. The van der Waals surface area contributed by atoms with E-state index in [0.29, 0.717) is 5.69 Å². The summed E-state index contributed by atoms with van der Waals surface area (Å²) in [5.41, 5.74) is 10.3. The first-order chi connectivity index (χ1) is 7.56. The standard InChI is InChI=1S/C10H12N6/c1-10(2,14-15-11)9-8-7(16(3)13-9)5-4-6-12-8/h4-6H,1-3H3. The molecule has 0 aliphatic rings. The van der Waals surface area contributed by atoms with Crippen molar-refractivity contribution in [3.8, 4) is 0 Å². The molecular formula is C10H12N6. The van der Waals surface area contributed by atoms with Crippen LogP contribution in [0.2, 0.25) is 0 Å². The highest BCUT2D eigenvalue weighted by Gasteiger charge is 2.26. The molecule has 0 atom stereocenters. The fourth-order valence-corrected chi connectivity index (χ4v) is 1.66. The number of aromatic nitrogens is 3. The average Bonchev–Trinajstić information content (AvgIpc) is 2.58. The molecule has 0 saturated carbocycles. The molecule has 0 bridgehead atoms. The van der Waals surface area contributed by atoms with Crippen LogP contribution in [0.4, 0.5) is 0 Å². The van der Waals surface area contributed by atoms with Crippen LogP contribution in [0.3, 0.4) is 0 Å². The molecule has 2 heterocycles. The third-order valence-corrected chi connectivity index (χ3v) is 2.48. The van der Waals surface area contributed by atoms with Crippen LogP contribution in [0.1, 0.15) is 19.5 Å². The SMILES string of the molecule is Cn1nc(C(C)(C)N=[N+]=[N-])c2ncccc21. The molecule has 0 spiro atoms. The van der Waals surface area contributed by atoms with Gasteiger partial charge in [0.2, 0.25) is 0 Å². The van der Waals surface area contributed by atoms with E-state index in [9.17, 15) is 0 Å². The molecule has 16 heavy (non-hydrogen) atoms. The summed E-state index contributed by atoms with van der Waals surface area (Å²) >= 11 is 0. The van der Waals surface area contributed by atoms with Crippen molar-refractivity contribution in [2.45, 2.75) is 19.4 Å². The van der Waals surface area contributed by atoms with Gasteiger partial charge in [-0.2, -0.15) is 5.10 Å². The van der Waals surface area contributed by atoms with Crippen molar-refractivity contribution >= 4 is 11.0 Å². The van der Waals surface area contributed by atoms with Crippen molar-refractivity contribution in [1.29, 1.82) is 0 Å². The maximum Gasteiger partial charge on any atom is 0.112 e. The number of hydrogen-bond donors (Lipinski definition) is 0. The summed E-state index contributed by atoms with van der Waals surface area (Å²) in [6.07, 6.45) is 1.71. The first kappa shape index (κ1) is 10.4. The quantitative estimate of drug-likeness (QED) is 0.439. The number of pyridine rings is 1. The molecule has 2 aromatic heterocycles. The van der Waals surface area contributed by atoms with Crippen molar-refractivity contribution in [3.63, 3.8) is 0 Å². The lowest BCUT2D eigenvalue weighted by Crippen LogP contribution is -2.14. The van der Waals surface area contributed by atoms with Crippen molar-refractivity contribution < 1.29 is 0 Å². The van der Waals surface area contributed by atoms with Crippen molar-refractivity contribution in [3.05, 3.63) is 34.5 Å². The van der Waals surface area contributed by atoms with E-state index in [-0.39, 0.29) is 0 Å². The molecule has 2 rings (SSSR count). The van der Waals surface area contributed by atoms with E-state index in [0.717, 1.165) is 11.0 Å². The minimum atomic E-state index is -0.692. The lowest BCUT2D eigenvalue weighted by Gasteiger charge is -2.14. The third-order valence-electron chi connectivity index (χ3n) is 2.48. The first-order valence-electron chi connectivity index (χ1n) is 4.91. The number of hydrogen-bond acceptors (Lipinski definition) is 3. The van der Waals surface area contributed by atoms with Gasteiger partial charge in [0.15, 0.2) is 0 Å². The summed E-state index contributed by atoms with van der Waals surface area (Å²) in [5, 5.41) is 8.12. The van der Waals surface area contributed by atoms with E-state index in [1.165, 1.54) is 0 Å². The van der Waals surface area contributed by atoms with E-state index >= 15 is 0 Å². The zero-order chi connectivity index (χ0) is 11.8. The van der Waals surface area contributed by atoms with E-state index in [1.807, 2.05) is 33.0 Å². The number of aryl methyl sites for hydroxylation is 1. The molecule has 6 heteroatoms. The fraction of sp³-hybridized carbons (Fsp3) is 0.400. The van der Waals surface area contributed by atoms with Gasteiger partial charge >= 0.3 is 0 Å². The zero-order valence-electron chi connectivity index (χ0n) is 9.42. The molecule has 0 radical (unpaired) electrons. The lowest BCUT2D eigenvalue weighted by atomic mass is 10.0. The Morgan fingerprint density at radius 2 is 2.25 bits per heavy atom. The van der Waals surface area contributed by atoms with Crippen LogP contribution in [0, 0.1) is 0 Å². The van der Waals surface area contributed by atoms with E-state index < -0.39 is 5.54 Å². The maximum absolute atomic E-state index is 8.55. The summed E-state index contributed by atoms with van der Waals surface area (Å²) in [7, 11) is 1.85. The highest BCUT2D eigenvalue weighted by molar-refractivity contribution is 5.78. The number of fused-ring (bicyclic) bond motifs is 1. The molecule has 0 aromatic carbocycles. The van der Waals surface area contributed by atoms with Crippen LogP contribution in [0.5, 0.6) is 0 Å². The van der Waals surface area contributed by atoms with Crippen LogP contribution in [0.15, 0.2) is 23.4 Å². The molecule has 2 aromatic rings. The van der Waals surface area contributed by atoms with Gasteiger partial charge in [0, 0.05) is 18.2 Å². The lowest BCUT2D eigenvalue weighted by molar-refractivity contribution is 0.523. The van der Waals surface area contributed by atoms with Gasteiger partial charge in [0.1, 0.15) is 11.2 Å². The van der Waals surface area contributed by atoms with Crippen molar-refractivity contribution in [2.24, 2.45) is 12.2 Å². The second kappa shape index (κ2) is 3.50. The molecule has 0 unspecified atom stereocenters. The second-order valence-electron chi connectivity index (χ2n) is 4.09. The predicted octanol–water partition coefficient (Wildman–Crippen LogP) is 2.51. The van der Waals surface area contributed by atoms with Crippen LogP contribution < -0.4 is 0 Å². The molecule has 0 aliphatic carbocycles. The van der Waals surface area contributed by atoms with Gasteiger partial charge in [-0.15, -0.1) is 0 Å². The second-order valence-corrected chi connectivity index (χ2v) is 4.09. The average molecular weight is 216 g/mol. The summed E-state index contributed by atoms with van der Waals surface area (Å²) in [6, 6.07) is 3.79. The highest BCUT2D eigenvalue weighted by Crippen LogP contribution is 2.29. The van der Waals surface area contributed by atoms with Gasteiger partial charge in [-0.25, -0.2) is 0 Å². The van der Waals surface area contributed by atoms with Gasteiger partial charge in [0.25, 0.3) is 0 Å². The Morgan fingerprint density at radius 1 is 1.50 bits per heavy atom. The van der Waals surface area contributed by atoms with E-state index in [1.54, 1.807) is 10.9 Å². The zero-order valence-corrected chi connectivity index (χ0v) is 9.42. The molecule has 0 fully saturated rings. The van der Waals surface area contributed by atoms with E-state index in [2.05, 4.69) is 20.1 Å². The van der Waals surface area contributed by atoms with Gasteiger partial charge in [-0.1, -0.05) is 5.11 Å². The predicted molar refractivity (Wildman–Crippen MR) is 60.7 cm³/mol. The Kier molecular flexibility index (Phi) is 2.29. The molecule has 0 aliphatic heterocycles. The third kappa shape index (κ3) is 1.49. The minimum Gasteiger partial charge on any atom is -0.266 e. The molecular weight excluding hydrogens is 204 g/mol. The summed E-state index contributed by atoms with van der Waals surface area (Å²) in [4.78, 5) is 7.13.